The van der Waals surface area contributed by atoms with E-state index in [1.54, 1.807) is 0 Å². The van der Waals surface area contributed by atoms with Gasteiger partial charge in [0.05, 0.1) is 0 Å². The van der Waals surface area contributed by atoms with Crippen LogP contribution < -0.4 is 5.73 Å². The van der Waals surface area contributed by atoms with Gasteiger partial charge < -0.3 is 10.6 Å². The fourth-order valence-corrected chi connectivity index (χ4v) is 3.26. The molecule has 0 bridgehead atoms. The molecule has 21 heavy (non-hydrogen) atoms. The predicted octanol–water partition coefficient (Wildman–Crippen LogP) is 2.80. The molecule has 1 aliphatic heterocycles. The van der Waals surface area contributed by atoms with Crippen molar-refractivity contribution in [2.75, 3.05) is 33.2 Å². The second kappa shape index (κ2) is 7.92. The number of likely N-dealkylation sites (tertiary alicyclic amines) is 1. The van der Waals surface area contributed by atoms with E-state index in [0.29, 0.717) is 6.04 Å². The summed E-state index contributed by atoms with van der Waals surface area (Å²) in [5.41, 5.74) is 9.07. The maximum atomic E-state index is 6.42. The van der Waals surface area contributed by atoms with Gasteiger partial charge in [0.25, 0.3) is 0 Å². The summed E-state index contributed by atoms with van der Waals surface area (Å²) in [7, 11) is 2.22. The van der Waals surface area contributed by atoms with E-state index in [2.05, 4.69) is 55.0 Å². The third kappa shape index (κ3) is 4.53. The van der Waals surface area contributed by atoms with Gasteiger partial charge in [0.1, 0.15) is 0 Å². The molecule has 3 heteroatoms. The molecular weight excluding hydrogens is 258 g/mol. The lowest BCUT2D eigenvalue weighted by Crippen LogP contribution is -2.42. The minimum atomic E-state index is 0.191. The zero-order chi connectivity index (χ0) is 15.2. The predicted molar refractivity (Wildman–Crippen MR) is 90.5 cm³/mol. The first-order chi connectivity index (χ1) is 10.1. The number of likely N-dealkylation sites (N-methyl/N-ethyl adjacent to an activating group) is 1. The van der Waals surface area contributed by atoms with E-state index in [9.17, 15) is 0 Å². The largest absolute Gasteiger partial charge is 0.326 e. The fourth-order valence-electron chi connectivity index (χ4n) is 3.26. The van der Waals surface area contributed by atoms with Crippen LogP contribution in [0.2, 0.25) is 0 Å². The minimum Gasteiger partial charge on any atom is -0.326 e. The molecule has 118 valence electrons. The quantitative estimate of drug-likeness (QED) is 0.838. The highest BCUT2D eigenvalue weighted by molar-refractivity contribution is 5.25. The molecule has 0 aromatic heterocycles. The molecule has 0 amide bonds. The number of nitrogens with zero attached hydrogens (tertiary/aromatic N) is 2. The molecule has 1 aromatic rings. The zero-order valence-corrected chi connectivity index (χ0v) is 13.9. The standard InChI is InChI=1S/C18H31N3/c1-4-17(19)18(16-9-7-15(2)8-10-16)20(3)13-14-21-11-5-6-12-21/h7-10,17-18H,4-6,11-14,19H2,1-3H3. The molecule has 1 heterocycles. The molecule has 0 spiro atoms. The summed E-state index contributed by atoms with van der Waals surface area (Å²) in [4.78, 5) is 5.01. The molecule has 2 unspecified atom stereocenters. The maximum absolute atomic E-state index is 6.42. The van der Waals surface area contributed by atoms with E-state index in [1.165, 1.54) is 37.1 Å². The van der Waals surface area contributed by atoms with Crippen LogP contribution in [0.3, 0.4) is 0 Å². The summed E-state index contributed by atoms with van der Waals surface area (Å²) in [6, 6.07) is 9.37. The van der Waals surface area contributed by atoms with Crippen LogP contribution in [0.15, 0.2) is 24.3 Å². The Bertz CT molecular complexity index is 409. The molecule has 2 atom stereocenters. The molecule has 0 saturated carbocycles. The Balaban J connectivity index is 2.02. The van der Waals surface area contributed by atoms with Gasteiger partial charge in [-0.05, 0) is 51.9 Å². The van der Waals surface area contributed by atoms with Crippen molar-refractivity contribution in [2.24, 2.45) is 5.73 Å². The van der Waals surface area contributed by atoms with Crippen LogP contribution in [0, 0.1) is 6.92 Å². The van der Waals surface area contributed by atoms with E-state index in [0.717, 1.165) is 19.5 Å². The molecule has 0 aliphatic carbocycles. The molecule has 2 N–H and O–H groups in total. The van der Waals surface area contributed by atoms with E-state index in [1.807, 2.05) is 0 Å². The van der Waals surface area contributed by atoms with Crippen molar-refractivity contribution in [1.82, 2.24) is 9.80 Å². The minimum absolute atomic E-state index is 0.191. The highest BCUT2D eigenvalue weighted by atomic mass is 15.2. The topological polar surface area (TPSA) is 32.5 Å². The number of nitrogens with two attached hydrogens (primary N) is 1. The molecule has 1 aromatic carbocycles. The Hall–Kier alpha value is -0.900. The van der Waals surface area contributed by atoms with Crippen LogP contribution in [0.5, 0.6) is 0 Å². The van der Waals surface area contributed by atoms with Gasteiger partial charge in [-0.15, -0.1) is 0 Å². The SMILES string of the molecule is CCC(N)C(c1ccc(C)cc1)N(C)CCN1CCCC1. The average molecular weight is 289 g/mol. The maximum Gasteiger partial charge on any atom is 0.0496 e. The molecule has 1 saturated heterocycles. The van der Waals surface area contributed by atoms with Gasteiger partial charge in [-0.25, -0.2) is 0 Å². The van der Waals surface area contributed by atoms with E-state index in [4.69, 9.17) is 5.73 Å². The highest BCUT2D eigenvalue weighted by Gasteiger charge is 2.23. The van der Waals surface area contributed by atoms with Crippen molar-refractivity contribution in [3.05, 3.63) is 35.4 Å². The van der Waals surface area contributed by atoms with Crippen LogP contribution >= 0.6 is 0 Å². The second-order valence-corrected chi connectivity index (χ2v) is 6.46. The monoisotopic (exact) mass is 289 g/mol. The van der Waals surface area contributed by atoms with Crippen LogP contribution in [-0.2, 0) is 0 Å². The second-order valence-electron chi connectivity index (χ2n) is 6.46. The third-order valence-corrected chi connectivity index (χ3v) is 4.74. The molecule has 2 rings (SSSR count). The van der Waals surface area contributed by atoms with Gasteiger partial charge in [-0.1, -0.05) is 36.8 Å². The molecule has 1 aliphatic rings. The number of aryl methyl sites for hydroxylation is 1. The summed E-state index contributed by atoms with van der Waals surface area (Å²) in [5.74, 6) is 0. The molecular formula is C18H31N3. The molecule has 1 fully saturated rings. The lowest BCUT2D eigenvalue weighted by atomic mass is 9.96. The van der Waals surface area contributed by atoms with E-state index in [-0.39, 0.29) is 6.04 Å². The Morgan fingerprint density at radius 1 is 1.19 bits per heavy atom. The van der Waals surface area contributed by atoms with Crippen molar-refractivity contribution >= 4 is 0 Å². The first kappa shape index (κ1) is 16.5. The van der Waals surface area contributed by atoms with Gasteiger partial charge in [-0.3, -0.25) is 4.90 Å². The lowest BCUT2D eigenvalue weighted by molar-refractivity contribution is 0.182. The lowest BCUT2D eigenvalue weighted by Gasteiger charge is -2.34. The van der Waals surface area contributed by atoms with Crippen LogP contribution in [0.25, 0.3) is 0 Å². The van der Waals surface area contributed by atoms with Gasteiger partial charge in [0, 0.05) is 25.2 Å². The van der Waals surface area contributed by atoms with Gasteiger partial charge >= 0.3 is 0 Å². The Morgan fingerprint density at radius 3 is 2.38 bits per heavy atom. The number of hydrogen-bond acceptors (Lipinski definition) is 3. The number of rotatable bonds is 7. The van der Waals surface area contributed by atoms with Crippen molar-refractivity contribution < 1.29 is 0 Å². The van der Waals surface area contributed by atoms with Crippen LogP contribution in [-0.4, -0.2) is 49.1 Å². The summed E-state index contributed by atoms with van der Waals surface area (Å²) in [6.45, 7) is 9.10. The highest BCUT2D eigenvalue weighted by Crippen LogP contribution is 2.24. The third-order valence-electron chi connectivity index (χ3n) is 4.74. The van der Waals surface area contributed by atoms with Crippen molar-refractivity contribution in [3.8, 4) is 0 Å². The summed E-state index contributed by atoms with van der Waals surface area (Å²) >= 11 is 0. The van der Waals surface area contributed by atoms with Crippen LogP contribution in [0.4, 0.5) is 0 Å². The summed E-state index contributed by atoms with van der Waals surface area (Å²) < 4.78 is 0. The molecule has 3 nitrogen and oxygen atoms in total. The van der Waals surface area contributed by atoms with Crippen molar-refractivity contribution in [2.45, 2.75) is 45.2 Å². The normalized spacial score (nSPS) is 19.1. The van der Waals surface area contributed by atoms with Crippen molar-refractivity contribution in [3.63, 3.8) is 0 Å². The Kier molecular flexibility index (Phi) is 6.22. The number of hydrogen-bond donors (Lipinski definition) is 1. The first-order valence-corrected chi connectivity index (χ1v) is 8.36. The van der Waals surface area contributed by atoms with E-state index >= 15 is 0 Å². The zero-order valence-electron chi connectivity index (χ0n) is 13.9. The van der Waals surface area contributed by atoms with Gasteiger partial charge in [0.15, 0.2) is 0 Å². The first-order valence-electron chi connectivity index (χ1n) is 8.36. The van der Waals surface area contributed by atoms with Gasteiger partial charge in [-0.2, -0.15) is 0 Å². The van der Waals surface area contributed by atoms with Gasteiger partial charge in [0.2, 0.25) is 0 Å². The summed E-state index contributed by atoms with van der Waals surface area (Å²) in [6.07, 6.45) is 3.73. The Labute approximate surface area is 130 Å². The number of benzene rings is 1. The fraction of sp³-hybridized carbons (Fsp3) is 0.667. The average Bonchev–Trinajstić information content (AvgIpc) is 3.00. The van der Waals surface area contributed by atoms with Crippen LogP contribution in [0.1, 0.15) is 43.4 Å². The van der Waals surface area contributed by atoms with E-state index < -0.39 is 0 Å². The van der Waals surface area contributed by atoms with Crippen molar-refractivity contribution in [1.29, 1.82) is 0 Å². The summed E-state index contributed by atoms with van der Waals surface area (Å²) in [5, 5.41) is 0. The molecule has 0 radical (unpaired) electrons. The smallest absolute Gasteiger partial charge is 0.0496 e. The Morgan fingerprint density at radius 2 is 1.81 bits per heavy atom.